The predicted octanol–water partition coefficient (Wildman–Crippen LogP) is 1.06. The molecule has 0 fully saturated rings. The minimum absolute atomic E-state index is 0.143. The van der Waals surface area contributed by atoms with E-state index in [1.807, 2.05) is 30.3 Å². The molecule has 1 aromatic rings. The summed E-state index contributed by atoms with van der Waals surface area (Å²) in [6.45, 7) is 2.02. The molecule has 0 aliphatic carbocycles. The Morgan fingerprint density at radius 2 is 1.93 bits per heavy atom. The number of benzene rings is 1. The lowest BCUT2D eigenvalue weighted by atomic mass is 10.2. The third kappa shape index (κ3) is 3.87. The molecule has 1 N–H and O–H groups in total. The van der Waals surface area contributed by atoms with Gasteiger partial charge in [-0.2, -0.15) is 13.1 Å². The molecular formula is C9H13NO3S. The summed E-state index contributed by atoms with van der Waals surface area (Å²) in [5.41, 5.74) is 0.899. The molecule has 14 heavy (non-hydrogen) atoms. The van der Waals surface area contributed by atoms with Crippen molar-refractivity contribution in [2.45, 2.75) is 13.5 Å². The van der Waals surface area contributed by atoms with Crippen molar-refractivity contribution in [2.75, 3.05) is 6.61 Å². The molecule has 0 aromatic heterocycles. The van der Waals surface area contributed by atoms with E-state index in [1.165, 1.54) is 0 Å². The number of hydrogen-bond donors (Lipinski definition) is 1. The highest BCUT2D eigenvalue weighted by molar-refractivity contribution is 7.84. The van der Waals surface area contributed by atoms with Crippen molar-refractivity contribution in [1.29, 1.82) is 0 Å². The first-order valence-electron chi connectivity index (χ1n) is 4.32. The van der Waals surface area contributed by atoms with Crippen LogP contribution in [0, 0.1) is 0 Å². The molecule has 0 atom stereocenters. The molecule has 4 nitrogen and oxygen atoms in total. The molecule has 0 bridgehead atoms. The Kier molecular flexibility index (Phi) is 4.06. The lowest BCUT2D eigenvalue weighted by Gasteiger charge is -2.04. The van der Waals surface area contributed by atoms with E-state index in [4.69, 9.17) is 0 Å². The first-order chi connectivity index (χ1) is 6.64. The maximum atomic E-state index is 11.1. The highest BCUT2D eigenvalue weighted by Gasteiger charge is 2.07. The van der Waals surface area contributed by atoms with Gasteiger partial charge in [0, 0.05) is 6.54 Å². The molecule has 1 aromatic carbocycles. The molecule has 0 saturated heterocycles. The Morgan fingerprint density at radius 3 is 2.50 bits per heavy atom. The van der Waals surface area contributed by atoms with Crippen LogP contribution in [0.2, 0.25) is 0 Å². The zero-order valence-electron chi connectivity index (χ0n) is 7.93. The molecule has 0 amide bonds. The van der Waals surface area contributed by atoms with Gasteiger partial charge in [0.05, 0.1) is 6.61 Å². The standard InChI is InChI=1S/C9H13NO3S/c1-2-13-14(11,12)10-8-9-6-4-3-5-7-9/h3-7,10H,2,8H2,1H3. The van der Waals surface area contributed by atoms with Crippen LogP contribution in [0.4, 0.5) is 0 Å². The minimum atomic E-state index is -3.58. The maximum Gasteiger partial charge on any atom is 0.336 e. The molecule has 0 saturated carbocycles. The van der Waals surface area contributed by atoms with Crippen LogP contribution in [-0.4, -0.2) is 15.0 Å². The van der Waals surface area contributed by atoms with Crippen molar-refractivity contribution in [3.8, 4) is 0 Å². The van der Waals surface area contributed by atoms with Gasteiger partial charge < -0.3 is 0 Å². The molecule has 0 radical (unpaired) electrons. The van der Waals surface area contributed by atoms with Crippen LogP contribution in [0.3, 0.4) is 0 Å². The second-order valence-electron chi connectivity index (χ2n) is 2.67. The number of hydrogen-bond acceptors (Lipinski definition) is 3. The SMILES string of the molecule is CCOS(=O)(=O)NCc1ccccc1. The van der Waals surface area contributed by atoms with Gasteiger partial charge in [-0.05, 0) is 12.5 Å². The van der Waals surface area contributed by atoms with Gasteiger partial charge in [-0.25, -0.2) is 0 Å². The summed E-state index contributed by atoms with van der Waals surface area (Å²) in [6, 6.07) is 9.26. The van der Waals surface area contributed by atoms with E-state index in [9.17, 15) is 8.42 Å². The van der Waals surface area contributed by atoms with Gasteiger partial charge >= 0.3 is 10.3 Å². The molecule has 0 unspecified atom stereocenters. The Balaban J connectivity index is 2.49. The molecule has 0 spiro atoms. The lowest BCUT2D eigenvalue weighted by Crippen LogP contribution is -2.25. The van der Waals surface area contributed by atoms with Crippen LogP contribution in [-0.2, 0) is 21.0 Å². The van der Waals surface area contributed by atoms with E-state index in [0.717, 1.165) is 5.56 Å². The average Bonchev–Trinajstić information content (AvgIpc) is 2.17. The molecule has 78 valence electrons. The number of rotatable bonds is 5. The summed E-state index contributed by atoms with van der Waals surface area (Å²) in [6.07, 6.45) is 0. The monoisotopic (exact) mass is 215 g/mol. The fourth-order valence-electron chi connectivity index (χ4n) is 0.964. The van der Waals surface area contributed by atoms with Crippen molar-refractivity contribution in [3.63, 3.8) is 0 Å². The van der Waals surface area contributed by atoms with Gasteiger partial charge in [-0.1, -0.05) is 30.3 Å². The third-order valence-corrected chi connectivity index (χ3v) is 2.61. The van der Waals surface area contributed by atoms with E-state index in [0.29, 0.717) is 0 Å². The summed E-state index contributed by atoms with van der Waals surface area (Å²) in [7, 11) is -3.58. The Hall–Kier alpha value is -0.910. The maximum absolute atomic E-state index is 11.1. The molecule has 0 aliphatic rings. The van der Waals surface area contributed by atoms with Crippen molar-refractivity contribution in [3.05, 3.63) is 35.9 Å². The zero-order chi connectivity index (χ0) is 10.4. The Bertz CT molecular complexity index is 361. The van der Waals surface area contributed by atoms with Gasteiger partial charge in [0.15, 0.2) is 0 Å². The molecular weight excluding hydrogens is 202 g/mol. The van der Waals surface area contributed by atoms with Gasteiger partial charge in [0.2, 0.25) is 0 Å². The minimum Gasteiger partial charge on any atom is -0.258 e. The second kappa shape index (κ2) is 5.09. The topological polar surface area (TPSA) is 55.4 Å². The van der Waals surface area contributed by atoms with Crippen LogP contribution in [0.5, 0.6) is 0 Å². The zero-order valence-corrected chi connectivity index (χ0v) is 8.75. The first-order valence-corrected chi connectivity index (χ1v) is 5.73. The molecule has 0 aliphatic heterocycles. The highest BCUT2D eigenvalue weighted by atomic mass is 32.2. The second-order valence-corrected chi connectivity index (χ2v) is 4.10. The van der Waals surface area contributed by atoms with Crippen LogP contribution in [0.1, 0.15) is 12.5 Å². The van der Waals surface area contributed by atoms with E-state index < -0.39 is 10.3 Å². The largest absolute Gasteiger partial charge is 0.336 e. The van der Waals surface area contributed by atoms with E-state index in [2.05, 4.69) is 8.91 Å². The predicted molar refractivity (Wildman–Crippen MR) is 53.8 cm³/mol. The van der Waals surface area contributed by atoms with Crippen molar-refractivity contribution < 1.29 is 12.6 Å². The van der Waals surface area contributed by atoms with Gasteiger partial charge in [-0.15, -0.1) is 0 Å². The van der Waals surface area contributed by atoms with Crippen LogP contribution >= 0.6 is 0 Å². The lowest BCUT2D eigenvalue weighted by molar-refractivity contribution is 0.330. The van der Waals surface area contributed by atoms with Gasteiger partial charge in [0.25, 0.3) is 0 Å². The van der Waals surface area contributed by atoms with Crippen molar-refractivity contribution in [1.82, 2.24) is 4.72 Å². The van der Waals surface area contributed by atoms with Crippen LogP contribution in [0.15, 0.2) is 30.3 Å². The van der Waals surface area contributed by atoms with E-state index in [1.54, 1.807) is 6.92 Å². The van der Waals surface area contributed by atoms with E-state index >= 15 is 0 Å². The summed E-state index contributed by atoms with van der Waals surface area (Å²) in [5.74, 6) is 0. The average molecular weight is 215 g/mol. The fraction of sp³-hybridized carbons (Fsp3) is 0.333. The van der Waals surface area contributed by atoms with Gasteiger partial charge in [0.1, 0.15) is 0 Å². The summed E-state index contributed by atoms with van der Waals surface area (Å²) in [5, 5.41) is 0. The summed E-state index contributed by atoms with van der Waals surface area (Å²) >= 11 is 0. The third-order valence-electron chi connectivity index (χ3n) is 1.57. The Labute approximate surface area is 84.2 Å². The summed E-state index contributed by atoms with van der Waals surface area (Å²) in [4.78, 5) is 0. The smallest absolute Gasteiger partial charge is 0.258 e. The van der Waals surface area contributed by atoms with Crippen molar-refractivity contribution in [2.24, 2.45) is 0 Å². The normalized spacial score (nSPS) is 11.5. The molecule has 5 heteroatoms. The quantitative estimate of drug-likeness (QED) is 0.799. The molecule has 1 rings (SSSR count). The van der Waals surface area contributed by atoms with Crippen LogP contribution < -0.4 is 4.72 Å². The van der Waals surface area contributed by atoms with Crippen molar-refractivity contribution >= 4 is 10.3 Å². The number of nitrogens with one attached hydrogen (secondary N) is 1. The fourth-order valence-corrected chi connectivity index (χ4v) is 1.70. The first kappa shape index (κ1) is 11.2. The summed E-state index contributed by atoms with van der Waals surface area (Å²) < 4.78 is 29.0. The Morgan fingerprint density at radius 1 is 1.29 bits per heavy atom. The molecule has 0 heterocycles. The van der Waals surface area contributed by atoms with Crippen LogP contribution in [0.25, 0.3) is 0 Å². The van der Waals surface area contributed by atoms with Gasteiger partial charge in [-0.3, -0.25) is 4.18 Å². The van der Waals surface area contributed by atoms with E-state index in [-0.39, 0.29) is 13.2 Å². The highest BCUT2D eigenvalue weighted by Crippen LogP contribution is 1.98.